The zero-order valence-corrected chi connectivity index (χ0v) is 7.10. The van der Waals surface area contributed by atoms with Crippen LogP contribution in [0.25, 0.3) is 0 Å². The number of rotatable bonds is 1. The van der Waals surface area contributed by atoms with E-state index in [-0.39, 0.29) is 0 Å². The average molecular weight is 148 g/mol. The van der Waals surface area contributed by atoms with Gasteiger partial charge < -0.3 is 4.98 Å². The van der Waals surface area contributed by atoms with Crippen molar-refractivity contribution in [3.63, 3.8) is 0 Å². The number of hydrogen-bond acceptors (Lipinski definition) is 1. The molecule has 58 valence electrons. The molecule has 11 heavy (non-hydrogen) atoms. The van der Waals surface area contributed by atoms with E-state index in [1.54, 1.807) is 0 Å². The van der Waals surface area contributed by atoms with Crippen LogP contribution in [0, 0.1) is 18.3 Å². The minimum atomic E-state index is 0.494. The summed E-state index contributed by atoms with van der Waals surface area (Å²) in [7, 11) is 0. The molecule has 1 rings (SSSR count). The van der Waals surface area contributed by atoms with Crippen molar-refractivity contribution in [2.24, 2.45) is 0 Å². The lowest BCUT2D eigenvalue weighted by Gasteiger charge is -2.00. The lowest BCUT2D eigenvalue weighted by molar-refractivity contribution is 0.857. The van der Waals surface area contributed by atoms with Crippen LogP contribution in [0.3, 0.4) is 0 Å². The van der Waals surface area contributed by atoms with Crippen LogP contribution >= 0.6 is 0 Å². The number of nitrogens with one attached hydrogen (secondary N) is 1. The molecule has 0 bridgehead atoms. The van der Waals surface area contributed by atoms with Crippen molar-refractivity contribution >= 4 is 0 Å². The van der Waals surface area contributed by atoms with Crippen molar-refractivity contribution in [3.05, 3.63) is 23.0 Å². The summed E-state index contributed by atoms with van der Waals surface area (Å²) in [5, 5.41) is 8.58. The Morgan fingerprint density at radius 3 is 2.45 bits per heavy atom. The van der Waals surface area contributed by atoms with Gasteiger partial charge in [-0.15, -0.1) is 0 Å². The van der Waals surface area contributed by atoms with Crippen molar-refractivity contribution in [1.29, 1.82) is 5.26 Å². The highest BCUT2D eigenvalue weighted by Gasteiger charge is 2.06. The molecule has 0 atom stereocenters. The summed E-state index contributed by atoms with van der Waals surface area (Å²) in [6.45, 7) is 6.24. The second kappa shape index (κ2) is 2.79. The van der Waals surface area contributed by atoms with Gasteiger partial charge in [0.15, 0.2) is 0 Å². The number of H-pyrrole nitrogens is 1. The van der Waals surface area contributed by atoms with Gasteiger partial charge in [0.25, 0.3) is 0 Å². The molecular weight excluding hydrogens is 136 g/mol. The van der Waals surface area contributed by atoms with Crippen LogP contribution in [0.5, 0.6) is 0 Å². The van der Waals surface area contributed by atoms with Crippen LogP contribution in [0.2, 0.25) is 0 Å². The van der Waals surface area contributed by atoms with Crippen molar-refractivity contribution in [3.8, 4) is 6.07 Å². The van der Waals surface area contributed by atoms with Gasteiger partial charge in [0.1, 0.15) is 11.8 Å². The number of nitriles is 1. The van der Waals surface area contributed by atoms with Crippen LogP contribution in [0.15, 0.2) is 6.07 Å². The van der Waals surface area contributed by atoms with Gasteiger partial charge in [-0.2, -0.15) is 5.26 Å². The van der Waals surface area contributed by atoms with Gasteiger partial charge >= 0.3 is 0 Å². The Kier molecular flexibility index (Phi) is 2.00. The first-order valence-corrected chi connectivity index (χ1v) is 3.74. The molecule has 1 aromatic rings. The van der Waals surface area contributed by atoms with Gasteiger partial charge in [-0.3, -0.25) is 0 Å². The minimum Gasteiger partial charge on any atom is -0.350 e. The lowest BCUT2D eigenvalue weighted by atomic mass is 10.0. The van der Waals surface area contributed by atoms with E-state index >= 15 is 0 Å². The summed E-state index contributed by atoms with van der Waals surface area (Å²) in [4.78, 5) is 3.01. The monoisotopic (exact) mass is 148 g/mol. The summed E-state index contributed by atoms with van der Waals surface area (Å²) in [6.07, 6.45) is 0. The highest BCUT2D eigenvalue weighted by atomic mass is 14.7. The maximum Gasteiger partial charge on any atom is 0.118 e. The first-order chi connectivity index (χ1) is 5.15. The van der Waals surface area contributed by atoms with E-state index in [1.807, 2.05) is 13.0 Å². The van der Waals surface area contributed by atoms with Crippen molar-refractivity contribution in [2.45, 2.75) is 26.7 Å². The van der Waals surface area contributed by atoms with Crippen LogP contribution in [0.1, 0.15) is 36.7 Å². The second-order valence-corrected chi connectivity index (χ2v) is 3.03. The quantitative estimate of drug-likeness (QED) is 0.652. The van der Waals surface area contributed by atoms with E-state index in [2.05, 4.69) is 24.9 Å². The number of aromatic nitrogens is 1. The Bertz CT molecular complexity index is 289. The molecule has 0 saturated heterocycles. The highest BCUT2D eigenvalue weighted by molar-refractivity contribution is 5.33. The summed E-state index contributed by atoms with van der Waals surface area (Å²) in [6, 6.07) is 4.00. The lowest BCUT2D eigenvalue weighted by Crippen LogP contribution is -1.86. The van der Waals surface area contributed by atoms with Crippen LogP contribution in [0.4, 0.5) is 0 Å². The molecule has 2 nitrogen and oxygen atoms in total. The normalized spacial score (nSPS) is 10.1. The molecule has 1 heterocycles. The zero-order valence-electron chi connectivity index (χ0n) is 7.10. The molecule has 0 unspecified atom stereocenters. The second-order valence-electron chi connectivity index (χ2n) is 3.03. The molecule has 0 aliphatic carbocycles. The maximum absolute atomic E-state index is 8.58. The molecule has 0 aliphatic heterocycles. The Balaban J connectivity index is 3.09. The van der Waals surface area contributed by atoms with Crippen LogP contribution < -0.4 is 0 Å². The van der Waals surface area contributed by atoms with Crippen molar-refractivity contribution in [1.82, 2.24) is 4.98 Å². The molecule has 0 saturated carbocycles. The Morgan fingerprint density at radius 1 is 1.55 bits per heavy atom. The summed E-state index contributed by atoms with van der Waals surface area (Å²) < 4.78 is 0. The smallest absolute Gasteiger partial charge is 0.118 e. The van der Waals surface area contributed by atoms with E-state index in [0.717, 1.165) is 5.69 Å². The molecule has 0 amide bonds. The molecule has 0 fully saturated rings. The Labute approximate surface area is 66.9 Å². The molecule has 0 radical (unpaired) electrons. The fourth-order valence-corrected chi connectivity index (χ4v) is 1.23. The van der Waals surface area contributed by atoms with E-state index in [0.29, 0.717) is 11.6 Å². The topological polar surface area (TPSA) is 39.6 Å². The molecule has 0 spiro atoms. The number of nitrogens with zero attached hydrogens (tertiary/aromatic N) is 1. The number of hydrogen-bond donors (Lipinski definition) is 1. The Morgan fingerprint density at radius 2 is 2.18 bits per heavy atom. The van der Waals surface area contributed by atoms with Crippen molar-refractivity contribution < 1.29 is 0 Å². The van der Waals surface area contributed by atoms with E-state index in [1.165, 1.54) is 5.56 Å². The summed E-state index contributed by atoms with van der Waals surface area (Å²) in [5.74, 6) is 0.494. The predicted molar refractivity (Wildman–Crippen MR) is 44.3 cm³/mol. The molecule has 0 aliphatic rings. The van der Waals surface area contributed by atoms with Gasteiger partial charge in [0, 0.05) is 5.69 Å². The number of aryl methyl sites for hydroxylation is 1. The minimum absolute atomic E-state index is 0.494. The van der Waals surface area contributed by atoms with E-state index < -0.39 is 0 Å². The first-order valence-electron chi connectivity index (χ1n) is 3.74. The van der Waals surface area contributed by atoms with Gasteiger partial charge in [-0.25, -0.2) is 0 Å². The van der Waals surface area contributed by atoms with E-state index in [4.69, 9.17) is 5.26 Å². The van der Waals surface area contributed by atoms with Crippen LogP contribution in [-0.2, 0) is 0 Å². The fraction of sp³-hybridized carbons (Fsp3) is 0.444. The van der Waals surface area contributed by atoms with Gasteiger partial charge in [0.05, 0.1) is 0 Å². The molecule has 1 N–H and O–H groups in total. The highest BCUT2D eigenvalue weighted by Crippen LogP contribution is 2.19. The number of aromatic amines is 1. The van der Waals surface area contributed by atoms with Gasteiger partial charge in [0.2, 0.25) is 0 Å². The molecule has 2 heteroatoms. The first kappa shape index (κ1) is 7.87. The zero-order chi connectivity index (χ0) is 8.43. The average Bonchev–Trinajstić information content (AvgIpc) is 2.30. The summed E-state index contributed by atoms with van der Waals surface area (Å²) in [5.41, 5.74) is 3.00. The van der Waals surface area contributed by atoms with E-state index in [9.17, 15) is 0 Å². The third-order valence-electron chi connectivity index (χ3n) is 1.80. The summed E-state index contributed by atoms with van der Waals surface area (Å²) >= 11 is 0. The van der Waals surface area contributed by atoms with Gasteiger partial charge in [-0.1, -0.05) is 13.8 Å². The fourth-order valence-electron chi connectivity index (χ4n) is 1.23. The third kappa shape index (κ3) is 1.43. The SMILES string of the molecule is Cc1[nH]c(C#N)cc1C(C)C. The largest absolute Gasteiger partial charge is 0.350 e. The molecule has 1 aromatic heterocycles. The predicted octanol–water partition coefficient (Wildman–Crippen LogP) is 2.32. The molecular formula is C9H12N2. The Hall–Kier alpha value is -1.23. The molecule has 0 aromatic carbocycles. The van der Waals surface area contributed by atoms with Gasteiger partial charge in [-0.05, 0) is 24.5 Å². The van der Waals surface area contributed by atoms with Crippen molar-refractivity contribution in [2.75, 3.05) is 0 Å². The van der Waals surface area contributed by atoms with Crippen LogP contribution in [-0.4, -0.2) is 4.98 Å². The third-order valence-corrected chi connectivity index (χ3v) is 1.80. The standard InChI is InChI=1S/C9H12N2/c1-6(2)9-4-8(5-10)11-7(9)3/h4,6,11H,1-3H3. The maximum atomic E-state index is 8.58.